The van der Waals surface area contributed by atoms with E-state index >= 15 is 0 Å². The Hall–Kier alpha value is -2.37. The van der Waals surface area contributed by atoms with E-state index in [0.29, 0.717) is 12.5 Å². The molecule has 0 saturated heterocycles. The average molecular weight is 325 g/mol. The smallest absolute Gasteiger partial charge is 0.352 e. The van der Waals surface area contributed by atoms with Gasteiger partial charge in [0.15, 0.2) is 0 Å². The van der Waals surface area contributed by atoms with Gasteiger partial charge in [0.25, 0.3) is 0 Å². The number of amides is 1. The Morgan fingerprint density at radius 1 is 1.04 bits per heavy atom. The van der Waals surface area contributed by atoms with E-state index in [1.807, 2.05) is 30.3 Å². The lowest BCUT2D eigenvalue weighted by molar-refractivity contribution is -0.138. The maximum absolute atomic E-state index is 13.0. The first-order chi connectivity index (χ1) is 10.9. The van der Waals surface area contributed by atoms with E-state index in [1.54, 1.807) is 0 Å². The Bertz CT molecular complexity index is 668. The molecule has 2 rings (SSSR count). The molecule has 122 valence electrons. The SMILES string of the molecule is O=C(CCc1ccccc1)NCc1ccc(F)cc1C(F)(F)F. The molecule has 1 N–H and O–H groups in total. The fourth-order valence-corrected chi connectivity index (χ4v) is 2.15. The van der Waals surface area contributed by atoms with Crippen molar-refractivity contribution in [1.29, 1.82) is 0 Å². The molecule has 0 aliphatic carbocycles. The summed E-state index contributed by atoms with van der Waals surface area (Å²) in [6, 6.07) is 11.7. The summed E-state index contributed by atoms with van der Waals surface area (Å²) in [4.78, 5) is 11.8. The maximum Gasteiger partial charge on any atom is 0.416 e. The van der Waals surface area contributed by atoms with Crippen LogP contribution in [-0.2, 0) is 23.9 Å². The fourth-order valence-electron chi connectivity index (χ4n) is 2.15. The summed E-state index contributed by atoms with van der Waals surface area (Å²) in [5.41, 5.74) is -0.256. The molecule has 0 bridgehead atoms. The van der Waals surface area contributed by atoms with Crippen molar-refractivity contribution in [1.82, 2.24) is 5.32 Å². The third kappa shape index (κ3) is 5.09. The van der Waals surface area contributed by atoms with E-state index < -0.39 is 17.6 Å². The number of halogens is 4. The number of aryl methyl sites for hydroxylation is 1. The van der Waals surface area contributed by atoms with Crippen LogP contribution in [0.4, 0.5) is 17.6 Å². The zero-order valence-corrected chi connectivity index (χ0v) is 12.2. The van der Waals surface area contributed by atoms with Crippen molar-refractivity contribution in [2.24, 2.45) is 0 Å². The van der Waals surface area contributed by atoms with Gasteiger partial charge in [-0.3, -0.25) is 4.79 Å². The molecular formula is C17H15F4NO. The van der Waals surface area contributed by atoms with Gasteiger partial charge in [-0.15, -0.1) is 0 Å². The van der Waals surface area contributed by atoms with Gasteiger partial charge in [-0.1, -0.05) is 36.4 Å². The van der Waals surface area contributed by atoms with Crippen molar-refractivity contribution in [3.05, 3.63) is 71.0 Å². The number of nitrogens with one attached hydrogen (secondary N) is 1. The van der Waals surface area contributed by atoms with Crippen LogP contribution in [0.15, 0.2) is 48.5 Å². The van der Waals surface area contributed by atoms with Crippen LogP contribution in [0.1, 0.15) is 23.1 Å². The summed E-state index contributed by atoms with van der Waals surface area (Å²) >= 11 is 0. The predicted molar refractivity (Wildman–Crippen MR) is 78.0 cm³/mol. The standard InChI is InChI=1S/C17H15F4NO/c18-14-8-7-13(15(10-14)17(19,20)21)11-22-16(23)9-6-12-4-2-1-3-5-12/h1-5,7-8,10H,6,9,11H2,(H,22,23). The zero-order chi connectivity index (χ0) is 16.9. The maximum atomic E-state index is 13.0. The minimum atomic E-state index is -4.66. The molecule has 0 fully saturated rings. The van der Waals surface area contributed by atoms with Crippen LogP contribution in [0.25, 0.3) is 0 Å². The monoisotopic (exact) mass is 325 g/mol. The van der Waals surface area contributed by atoms with Crippen LogP contribution in [0.5, 0.6) is 0 Å². The Labute approximate surface area is 131 Å². The van der Waals surface area contributed by atoms with E-state index in [4.69, 9.17) is 0 Å². The van der Waals surface area contributed by atoms with E-state index in [0.717, 1.165) is 17.7 Å². The number of hydrogen-bond donors (Lipinski definition) is 1. The highest BCUT2D eigenvalue weighted by molar-refractivity contribution is 5.76. The first-order valence-corrected chi connectivity index (χ1v) is 7.02. The lowest BCUT2D eigenvalue weighted by atomic mass is 10.1. The van der Waals surface area contributed by atoms with Crippen LogP contribution < -0.4 is 5.32 Å². The van der Waals surface area contributed by atoms with Crippen molar-refractivity contribution < 1.29 is 22.4 Å². The van der Waals surface area contributed by atoms with Gasteiger partial charge >= 0.3 is 6.18 Å². The molecule has 2 aromatic carbocycles. The second kappa shape index (κ2) is 7.26. The largest absolute Gasteiger partial charge is 0.416 e. The number of carbonyl (C=O) groups is 1. The van der Waals surface area contributed by atoms with Crippen molar-refractivity contribution in [2.45, 2.75) is 25.6 Å². The number of alkyl halides is 3. The zero-order valence-electron chi connectivity index (χ0n) is 12.2. The minimum Gasteiger partial charge on any atom is -0.352 e. The Balaban J connectivity index is 1.94. The van der Waals surface area contributed by atoms with Crippen molar-refractivity contribution in [2.75, 3.05) is 0 Å². The molecule has 0 saturated carbocycles. The van der Waals surface area contributed by atoms with Crippen molar-refractivity contribution >= 4 is 5.91 Å². The molecule has 6 heteroatoms. The second-order valence-corrected chi connectivity index (χ2v) is 5.06. The van der Waals surface area contributed by atoms with Crippen LogP contribution in [-0.4, -0.2) is 5.91 Å². The van der Waals surface area contributed by atoms with E-state index in [2.05, 4.69) is 5.32 Å². The molecule has 0 spiro atoms. The Morgan fingerprint density at radius 2 is 1.74 bits per heavy atom. The molecule has 2 aromatic rings. The van der Waals surface area contributed by atoms with Gasteiger partial charge in [0.2, 0.25) is 5.91 Å². The lowest BCUT2D eigenvalue weighted by Crippen LogP contribution is -2.24. The molecule has 1 amide bonds. The van der Waals surface area contributed by atoms with Crippen LogP contribution >= 0.6 is 0 Å². The first kappa shape index (κ1) is 17.0. The number of hydrogen-bond acceptors (Lipinski definition) is 1. The molecule has 2 nitrogen and oxygen atoms in total. The number of carbonyl (C=O) groups excluding carboxylic acids is 1. The highest BCUT2D eigenvalue weighted by Gasteiger charge is 2.33. The van der Waals surface area contributed by atoms with Crippen molar-refractivity contribution in [3.8, 4) is 0 Å². The predicted octanol–water partition coefficient (Wildman–Crippen LogP) is 4.09. The van der Waals surface area contributed by atoms with Crippen LogP contribution in [0.2, 0.25) is 0 Å². The molecule has 0 unspecified atom stereocenters. The molecule has 23 heavy (non-hydrogen) atoms. The Kier molecular flexibility index (Phi) is 5.36. The normalized spacial score (nSPS) is 11.3. The number of rotatable bonds is 5. The van der Waals surface area contributed by atoms with Gasteiger partial charge in [0, 0.05) is 13.0 Å². The van der Waals surface area contributed by atoms with Gasteiger partial charge in [-0.2, -0.15) is 13.2 Å². The summed E-state index contributed by atoms with van der Waals surface area (Å²) in [6.45, 7) is -0.289. The molecule has 0 aliphatic heterocycles. The lowest BCUT2D eigenvalue weighted by Gasteiger charge is -2.13. The molecule has 0 atom stereocenters. The van der Waals surface area contributed by atoms with Gasteiger partial charge in [0.1, 0.15) is 5.82 Å². The summed E-state index contributed by atoms with van der Waals surface area (Å²) in [5.74, 6) is -1.32. The first-order valence-electron chi connectivity index (χ1n) is 7.02. The second-order valence-electron chi connectivity index (χ2n) is 5.06. The average Bonchev–Trinajstić information content (AvgIpc) is 2.52. The topological polar surface area (TPSA) is 29.1 Å². The highest BCUT2D eigenvalue weighted by Crippen LogP contribution is 2.32. The molecule has 0 aliphatic rings. The van der Waals surface area contributed by atoms with E-state index in [1.165, 1.54) is 0 Å². The number of benzene rings is 2. The van der Waals surface area contributed by atoms with E-state index in [-0.39, 0.29) is 24.4 Å². The summed E-state index contributed by atoms with van der Waals surface area (Å²) < 4.78 is 51.5. The molecular weight excluding hydrogens is 310 g/mol. The minimum absolute atomic E-state index is 0.160. The van der Waals surface area contributed by atoms with E-state index in [9.17, 15) is 22.4 Å². The summed E-state index contributed by atoms with van der Waals surface area (Å²) in [7, 11) is 0. The molecule has 0 aromatic heterocycles. The third-order valence-electron chi connectivity index (χ3n) is 3.34. The fraction of sp³-hybridized carbons (Fsp3) is 0.235. The third-order valence-corrected chi connectivity index (χ3v) is 3.34. The van der Waals surface area contributed by atoms with Gasteiger partial charge in [-0.05, 0) is 29.7 Å². The van der Waals surface area contributed by atoms with Crippen molar-refractivity contribution in [3.63, 3.8) is 0 Å². The van der Waals surface area contributed by atoms with Crippen LogP contribution in [0.3, 0.4) is 0 Å². The Morgan fingerprint density at radius 3 is 2.39 bits per heavy atom. The van der Waals surface area contributed by atoms with Gasteiger partial charge < -0.3 is 5.32 Å². The molecule has 0 heterocycles. The summed E-state index contributed by atoms with van der Waals surface area (Å²) in [5, 5.41) is 2.44. The van der Waals surface area contributed by atoms with Crippen LogP contribution in [0, 0.1) is 5.82 Å². The quantitative estimate of drug-likeness (QED) is 0.824. The highest BCUT2D eigenvalue weighted by atomic mass is 19.4. The van der Waals surface area contributed by atoms with Gasteiger partial charge in [-0.25, -0.2) is 4.39 Å². The van der Waals surface area contributed by atoms with Gasteiger partial charge in [0.05, 0.1) is 5.56 Å². The summed E-state index contributed by atoms with van der Waals surface area (Å²) in [6.07, 6.45) is -3.99. The molecule has 0 radical (unpaired) electrons.